The molecule has 7 heteroatoms. The second-order valence-corrected chi connectivity index (χ2v) is 9.97. The van der Waals surface area contributed by atoms with Crippen LogP contribution in [0.4, 0.5) is 0 Å². The predicted molar refractivity (Wildman–Crippen MR) is 149 cm³/mol. The molecule has 0 saturated carbocycles. The van der Waals surface area contributed by atoms with Gasteiger partial charge in [-0.15, -0.1) is 0 Å². The fourth-order valence-corrected chi connectivity index (χ4v) is 4.20. The van der Waals surface area contributed by atoms with E-state index in [0.29, 0.717) is 28.8 Å². The third-order valence-electron chi connectivity index (χ3n) is 6.16. The number of ether oxygens (including phenoxy) is 2. The Morgan fingerprint density at radius 3 is 1.66 bits per heavy atom. The molecule has 0 aliphatic rings. The lowest BCUT2D eigenvalue weighted by Gasteiger charge is -2.15. The van der Waals surface area contributed by atoms with Gasteiger partial charge >= 0.3 is 0 Å². The van der Waals surface area contributed by atoms with Crippen LogP contribution in [0.5, 0.6) is 11.5 Å². The minimum absolute atomic E-state index is 0.0236. The number of aliphatic hydroxyl groups is 1. The fourth-order valence-electron chi connectivity index (χ4n) is 4.20. The van der Waals surface area contributed by atoms with E-state index in [-0.39, 0.29) is 25.1 Å². The van der Waals surface area contributed by atoms with Crippen LogP contribution in [0, 0.1) is 27.7 Å². The molecule has 0 aliphatic carbocycles. The van der Waals surface area contributed by atoms with Crippen molar-refractivity contribution in [1.29, 1.82) is 0 Å². The molecule has 1 heterocycles. The highest BCUT2D eigenvalue weighted by Crippen LogP contribution is 2.34. The molecule has 0 fully saturated rings. The highest BCUT2D eigenvalue weighted by Gasteiger charge is 2.17. The molecule has 1 aromatic heterocycles. The SMILES string of the molecule is Cc1ccc(-c2nc(-c3ccc(C)cc3C)nc(-c3ccc(OCC(O)COC(C)C)cc3O)n2)c(C)c1. The monoisotopic (exact) mass is 513 g/mol. The quantitative estimate of drug-likeness (QED) is 0.284. The first-order chi connectivity index (χ1) is 18.1. The Labute approximate surface area is 224 Å². The van der Waals surface area contributed by atoms with Crippen molar-refractivity contribution in [2.45, 2.75) is 53.8 Å². The molecule has 38 heavy (non-hydrogen) atoms. The number of phenolic OH excluding ortho intramolecular Hbond substituents is 1. The Morgan fingerprint density at radius 2 is 1.18 bits per heavy atom. The highest BCUT2D eigenvalue weighted by molar-refractivity contribution is 5.72. The maximum absolute atomic E-state index is 10.9. The van der Waals surface area contributed by atoms with Gasteiger partial charge in [0, 0.05) is 17.2 Å². The summed E-state index contributed by atoms with van der Waals surface area (Å²) in [6.07, 6.45) is -0.751. The van der Waals surface area contributed by atoms with E-state index >= 15 is 0 Å². The van der Waals surface area contributed by atoms with Gasteiger partial charge in [-0.25, -0.2) is 15.0 Å². The number of rotatable bonds is 9. The molecule has 0 bridgehead atoms. The van der Waals surface area contributed by atoms with Crippen molar-refractivity contribution in [1.82, 2.24) is 15.0 Å². The maximum atomic E-state index is 10.9. The van der Waals surface area contributed by atoms with Crippen molar-refractivity contribution in [2.75, 3.05) is 13.2 Å². The van der Waals surface area contributed by atoms with Gasteiger partial charge in [0.25, 0.3) is 0 Å². The third kappa shape index (κ3) is 6.54. The van der Waals surface area contributed by atoms with Crippen molar-refractivity contribution in [3.05, 3.63) is 76.9 Å². The summed E-state index contributed by atoms with van der Waals surface area (Å²) in [4.78, 5) is 14.4. The van der Waals surface area contributed by atoms with Crippen molar-refractivity contribution in [2.24, 2.45) is 0 Å². The molecule has 0 aliphatic heterocycles. The van der Waals surface area contributed by atoms with Crippen molar-refractivity contribution in [3.63, 3.8) is 0 Å². The van der Waals surface area contributed by atoms with Crippen LogP contribution in [0.2, 0.25) is 0 Å². The molecule has 3 aromatic carbocycles. The molecule has 7 nitrogen and oxygen atoms in total. The Kier molecular flexibility index (Phi) is 8.39. The average molecular weight is 514 g/mol. The standard InChI is InChI=1S/C31H35N3O4/c1-18(2)37-16-23(35)17-38-24-9-12-27(28(36)15-24)31-33-29(25-10-7-19(3)13-21(25)5)32-30(34-31)26-11-8-20(4)14-22(26)6/h7-15,18,23,35-36H,16-17H2,1-6H3. The first kappa shape index (κ1) is 27.2. The van der Waals surface area contributed by atoms with E-state index in [1.807, 2.05) is 52.0 Å². The minimum Gasteiger partial charge on any atom is -0.507 e. The van der Waals surface area contributed by atoms with Crippen LogP contribution in [0.1, 0.15) is 36.1 Å². The summed E-state index contributed by atoms with van der Waals surface area (Å²) in [5, 5.41) is 21.0. The summed E-state index contributed by atoms with van der Waals surface area (Å²) in [5.74, 6) is 1.83. The van der Waals surface area contributed by atoms with Crippen LogP contribution in [-0.2, 0) is 4.74 Å². The van der Waals surface area contributed by atoms with Gasteiger partial charge in [0.05, 0.1) is 18.3 Å². The van der Waals surface area contributed by atoms with E-state index in [1.54, 1.807) is 12.1 Å². The number of nitrogens with zero attached hydrogens (tertiary/aromatic N) is 3. The summed E-state index contributed by atoms with van der Waals surface area (Å²) in [7, 11) is 0. The molecule has 0 spiro atoms. The van der Waals surface area contributed by atoms with E-state index in [9.17, 15) is 10.2 Å². The number of aliphatic hydroxyl groups excluding tert-OH is 1. The third-order valence-corrected chi connectivity index (χ3v) is 6.16. The number of hydrogen-bond donors (Lipinski definition) is 2. The van der Waals surface area contributed by atoms with E-state index in [1.165, 1.54) is 6.07 Å². The van der Waals surface area contributed by atoms with E-state index in [0.717, 1.165) is 33.4 Å². The molecular formula is C31H35N3O4. The average Bonchev–Trinajstić information content (AvgIpc) is 2.86. The van der Waals surface area contributed by atoms with Gasteiger partial charge in [-0.1, -0.05) is 47.5 Å². The Balaban J connectivity index is 1.72. The zero-order valence-corrected chi connectivity index (χ0v) is 22.8. The first-order valence-electron chi connectivity index (χ1n) is 12.8. The highest BCUT2D eigenvalue weighted by atomic mass is 16.5. The second kappa shape index (κ2) is 11.7. The molecule has 4 aromatic rings. The van der Waals surface area contributed by atoms with Crippen LogP contribution in [0.25, 0.3) is 34.2 Å². The lowest BCUT2D eigenvalue weighted by Crippen LogP contribution is -2.25. The molecule has 2 N–H and O–H groups in total. The topological polar surface area (TPSA) is 97.6 Å². The molecule has 0 saturated heterocycles. The largest absolute Gasteiger partial charge is 0.507 e. The number of aromatic hydroxyl groups is 1. The summed E-state index contributed by atoms with van der Waals surface area (Å²) < 4.78 is 11.1. The normalized spacial score (nSPS) is 12.1. The van der Waals surface area contributed by atoms with Crippen LogP contribution in [0.15, 0.2) is 54.6 Å². The Bertz CT molecular complexity index is 1370. The van der Waals surface area contributed by atoms with Gasteiger partial charge in [-0.3, -0.25) is 0 Å². The van der Waals surface area contributed by atoms with Gasteiger partial charge in [-0.2, -0.15) is 0 Å². The number of phenols is 1. The molecule has 0 amide bonds. The minimum atomic E-state index is -0.775. The fraction of sp³-hybridized carbons (Fsp3) is 0.323. The smallest absolute Gasteiger partial charge is 0.167 e. The van der Waals surface area contributed by atoms with Crippen molar-refractivity contribution < 1.29 is 19.7 Å². The van der Waals surface area contributed by atoms with Crippen LogP contribution < -0.4 is 4.74 Å². The molecule has 4 rings (SSSR count). The second-order valence-electron chi connectivity index (χ2n) is 9.97. The van der Waals surface area contributed by atoms with Gasteiger partial charge in [0.15, 0.2) is 17.5 Å². The molecule has 0 radical (unpaired) electrons. The van der Waals surface area contributed by atoms with Gasteiger partial charge in [0.2, 0.25) is 0 Å². The Morgan fingerprint density at radius 1 is 0.684 bits per heavy atom. The van der Waals surface area contributed by atoms with Crippen molar-refractivity contribution >= 4 is 0 Å². The lowest BCUT2D eigenvalue weighted by molar-refractivity contribution is -0.0123. The number of aromatic nitrogens is 3. The van der Waals surface area contributed by atoms with E-state index < -0.39 is 6.10 Å². The van der Waals surface area contributed by atoms with Crippen LogP contribution in [-0.4, -0.2) is 50.6 Å². The zero-order chi connectivity index (χ0) is 27.4. The molecule has 198 valence electrons. The zero-order valence-electron chi connectivity index (χ0n) is 22.8. The van der Waals surface area contributed by atoms with E-state index in [4.69, 9.17) is 24.4 Å². The van der Waals surface area contributed by atoms with E-state index in [2.05, 4.69) is 26.0 Å². The number of hydrogen-bond acceptors (Lipinski definition) is 7. The maximum Gasteiger partial charge on any atom is 0.167 e. The van der Waals surface area contributed by atoms with Crippen LogP contribution in [0.3, 0.4) is 0 Å². The summed E-state index contributed by atoms with van der Waals surface area (Å²) >= 11 is 0. The van der Waals surface area contributed by atoms with Gasteiger partial charge in [0.1, 0.15) is 24.2 Å². The first-order valence-corrected chi connectivity index (χ1v) is 12.8. The molecular weight excluding hydrogens is 478 g/mol. The summed E-state index contributed by atoms with van der Waals surface area (Å²) in [6.45, 7) is 12.2. The van der Waals surface area contributed by atoms with Crippen LogP contribution >= 0.6 is 0 Å². The molecule has 1 atom stereocenters. The van der Waals surface area contributed by atoms with Crippen molar-refractivity contribution in [3.8, 4) is 45.7 Å². The predicted octanol–water partition coefficient (Wildman–Crippen LogP) is 5.98. The number of benzene rings is 3. The molecule has 1 unspecified atom stereocenters. The van der Waals surface area contributed by atoms with Gasteiger partial charge < -0.3 is 19.7 Å². The lowest BCUT2D eigenvalue weighted by atomic mass is 10.0. The summed E-state index contributed by atoms with van der Waals surface area (Å²) in [6, 6.07) is 17.2. The van der Waals surface area contributed by atoms with Gasteiger partial charge in [-0.05, 0) is 64.8 Å². The summed E-state index contributed by atoms with van der Waals surface area (Å²) in [5.41, 5.74) is 6.70. The Hall–Kier alpha value is -3.81. The number of aryl methyl sites for hydroxylation is 4.